The molecule has 0 spiro atoms. The maximum absolute atomic E-state index is 13.6. The zero-order valence-electron chi connectivity index (χ0n) is 9.86. The van der Waals surface area contributed by atoms with Crippen LogP contribution in [0.1, 0.15) is 18.9 Å². The van der Waals surface area contributed by atoms with E-state index in [1.807, 2.05) is 16.9 Å². The zero-order chi connectivity index (χ0) is 12.3. The number of nitrogens with zero attached hydrogens (tertiary/aromatic N) is 2. The van der Waals surface area contributed by atoms with E-state index in [1.165, 1.54) is 6.07 Å². The first-order chi connectivity index (χ1) is 8.24. The van der Waals surface area contributed by atoms with Crippen LogP contribution in [0.5, 0.6) is 0 Å². The molecule has 0 radical (unpaired) electrons. The lowest BCUT2D eigenvalue weighted by atomic mass is 10.1. The van der Waals surface area contributed by atoms with E-state index >= 15 is 0 Å². The normalized spacial score (nSPS) is 10.8. The molecule has 0 unspecified atom stereocenters. The average molecular weight is 233 g/mol. The van der Waals surface area contributed by atoms with Gasteiger partial charge in [0.2, 0.25) is 0 Å². The Labute approximate surface area is 100 Å². The Balaban J connectivity index is 2.29. The highest BCUT2D eigenvalue weighted by atomic mass is 19.1. The number of rotatable bonds is 4. The maximum Gasteiger partial charge on any atom is 0.128 e. The van der Waals surface area contributed by atoms with Gasteiger partial charge in [-0.05, 0) is 18.1 Å². The van der Waals surface area contributed by atoms with Crippen LogP contribution in [0.15, 0.2) is 30.6 Å². The first kappa shape index (κ1) is 11.8. The van der Waals surface area contributed by atoms with Crippen LogP contribution in [-0.4, -0.2) is 9.78 Å². The first-order valence-electron chi connectivity index (χ1n) is 5.76. The van der Waals surface area contributed by atoms with E-state index < -0.39 is 0 Å². The molecule has 0 aliphatic carbocycles. The molecule has 1 heterocycles. The number of aromatic nitrogens is 2. The molecular formula is C13H16FN3. The van der Waals surface area contributed by atoms with Crippen LogP contribution >= 0.6 is 0 Å². The van der Waals surface area contributed by atoms with Gasteiger partial charge in [0.1, 0.15) is 5.82 Å². The summed E-state index contributed by atoms with van der Waals surface area (Å²) in [7, 11) is 0. The van der Waals surface area contributed by atoms with Crippen LogP contribution in [0.25, 0.3) is 11.1 Å². The van der Waals surface area contributed by atoms with Crippen molar-refractivity contribution in [3.8, 4) is 11.1 Å². The third-order valence-corrected chi connectivity index (χ3v) is 2.69. The molecule has 0 amide bonds. The van der Waals surface area contributed by atoms with Crippen molar-refractivity contribution in [3.63, 3.8) is 0 Å². The summed E-state index contributed by atoms with van der Waals surface area (Å²) >= 11 is 0. The summed E-state index contributed by atoms with van der Waals surface area (Å²) in [6, 6.07) is 5.11. The molecular weight excluding hydrogens is 217 g/mol. The first-order valence-corrected chi connectivity index (χ1v) is 5.76. The van der Waals surface area contributed by atoms with Crippen molar-refractivity contribution < 1.29 is 4.39 Å². The van der Waals surface area contributed by atoms with Crippen LogP contribution in [0, 0.1) is 5.82 Å². The molecule has 2 N–H and O–H groups in total. The summed E-state index contributed by atoms with van der Waals surface area (Å²) in [6.07, 6.45) is 4.72. The molecule has 0 aliphatic rings. The minimum absolute atomic E-state index is 0.223. The van der Waals surface area contributed by atoms with Gasteiger partial charge in [0.25, 0.3) is 0 Å². The van der Waals surface area contributed by atoms with Crippen LogP contribution < -0.4 is 5.73 Å². The summed E-state index contributed by atoms with van der Waals surface area (Å²) in [5, 5.41) is 4.22. The van der Waals surface area contributed by atoms with Crippen molar-refractivity contribution in [2.45, 2.75) is 26.4 Å². The molecule has 0 saturated heterocycles. The molecule has 0 bridgehead atoms. The minimum atomic E-state index is -0.256. The predicted molar refractivity (Wildman–Crippen MR) is 65.8 cm³/mol. The Hall–Kier alpha value is -1.68. The fraction of sp³-hybridized carbons (Fsp3) is 0.308. The molecule has 2 aromatic rings. The van der Waals surface area contributed by atoms with E-state index in [-0.39, 0.29) is 12.4 Å². The summed E-state index contributed by atoms with van der Waals surface area (Å²) < 4.78 is 15.4. The number of hydrogen-bond donors (Lipinski definition) is 1. The van der Waals surface area contributed by atoms with Crippen molar-refractivity contribution in [3.05, 3.63) is 42.0 Å². The minimum Gasteiger partial charge on any atom is -0.326 e. The Morgan fingerprint density at radius 2 is 2.18 bits per heavy atom. The van der Waals surface area contributed by atoms with E-state index in [0.29, 0.717) is 5.56 Å². The largest absolute Gasteiger partial charge is 0.326 e. The third-order valence-electron chi connectivity index (χ3n) is 2.69. The van der Waals surface area contributed by atoms with Gasteiger partial charge in [-0.25, -0.2) is 4.39 Å². The highest BCUT2D eigenvalue weighted by Gasteiger charge is 2.05. The third kappa shape index (κ3) is 2.53. The van der Waals surface area contributed by atoms with Crippen LogP contribution in [-0.2, 0) is 13.1 Å². The van der Waals surface area contributed by atoms with Gasteiger partial charge in [0.15, 0.2) is 0 Å². The summed E-state index contributed by atoms with van der Waals surface area (Å²) in [4.78, 5) is 0. The highest BCUT2D eigenvalue weighted by Crippen LogP contribution is 2.21. The lowest BCUT2D eigenvalue weighted by Crippen LogP contribution is -1.99. The second-order valence-electron chi connectivity index (χ2n) is 4.00. The van der Waals surface area contributed by atoms with Crippen LogP contribution in [0.4, 0.5) is 4.39 Å². The quantitative estimate of drug-likeness (QED) is 0.882. The molecule has 2 rings (SSSR count). The fourth-order valence-electron chi connectivity index (χ4n) is 1.76. The second kappa shape index (κ2) is 5.10. The van der Waals surface area contributed by atoms with Gasteiger partial charge in [-0.15, -0.1) is 0 Å². The number of benzene rings is 1. The number of hydrogen-bond acceptors (Lipinski definition) is 2. The Bertz CT molecular complexity index is 505. The average Bonchev–Trinajstić information content (AvgIpc) is 2.78. The van der Waals surface area contributed by atoms with Gasteiger partial charge in [-0.3, -0.25) is 4.68 Å². The number of nitrogens with two attached hydrogens (primary N) is 1. The number of aryl methyl sites for hydroxylation is 1. The second-order valence-corrected chi connectivity index (χ2v) is 4.00. The number of halogens is 1. The topological polar surface area (TPSA) is 43.8 Å². The SMILES string of the molecule is CCCn1cc(-c2ccc(CN)c(F)c2)cn1. The maximum atomic E-state index is 13.6. The molecule has 1 aromatic carbocycles. The summed E-state index contributed by atoms with van der Waals surface area (Å²) in [5.41, 5.74) is 7.73. The Kier molecular flexibility index (Phi) is 3.54. The van der Waals surface area contributed by atoms with Gasteiger partial charge in [-0.2, -0.15) is 5.10 Å². The van der Waals surface area contributed by atoms with Crippen molar-refractivity contribution >= 4 is 0 Å². The van der Waals surface area contributed by atoms with Crippen LogP contribution in [0.2, 0.25) is 0 Å². The monoisotopic (exact) mass is 233 g/mol. The zero-order valence-corrected chi connectivity index (χ0v) is 9.86. The highest BCUT2D eigenvalue weighted by molar-refractivity contribution is 5.62. The molecule has 90 valence electrons. The van der Waals surface area contributed by atoms with E-state index in [2.05, 4.69) is 12.0 Å². The summed E-state index contributed by atoms with van der Waals surface area (Å²) in [5.74, 6) is -0.256. The predicted octanol–water partition coefficient (Wildman–Crippen LogP) is 2.56. The van der Waals surface area contributed by atoms with E-state index in [9.17, 15) is 4.39 Å². The van der Waals surface area contributed by atoms with Crippen molar-refractivity contribution in [2.24, 2.45) is 5.73 Å². The van der Waals surface area contributed by atoms with Gasteiger partial charge in [0, 0.05) is 30.4 Å². The summed E-state index contributed by atoms with van der Waals surface area (Å²) in [6.45, 7) is 3.20. The molecule has 0 saturated carbocycles. The van der Waals surface area contributed by atoms with Crippen molar-refractivity contribution in [1.29, 1.82) is 0 Å². The smallest absolute Gasteiger partial charge is 0.128 e. The van der Waals surface area contributed by atoms with Gasteiger partial charge in [-0.1, -0.05) is 19.1 Å². The van der Waals surface area contributed by atoms with Crippen LogP contribution in [0.3, 0.4) is 0 Å². The molecule has 0 atom stereocenters. The molecule has 0 aliphatic heterocycles. The standard InChI is InChI=1S/C13H16FN3/c1-2-5-17-9-12(8-16-17)10-3-4-11(7-15)13(14)6-10/h3-4,6,8-9H,2,5,7,15H2,1H3. The fourth-order valence-corrected chi connectivity index (χ4v) is 1.76. The lowest BCUT2D eigenvalue weighted by molar-refractivity contribution is 0.603. The molecule has 1 aromatic heterocycles. The van der Waals surface area contributed by atoms with Gasteiger partial charge < -0.3 is 5.73 Å². The Morgan fingerprint density at radius 3 is 2.82 bits per heavy atom. The molecule has 3 nitrogen and oxygen atoms in total. The lowest BCUT2D eigenvalue weighted by Gasteiger charge is -2.02. The van der Waals surface area contributed by atoms with E-state index in [1.54, 1.807) is 12.3 Å². The van der Waals surface area contributed by atoms with Gasteiger partial charge in [0.05, 0.1) is 6.20 Å². The molecule has 4 heteroatoms. The van der Waals surface area contributed by atoms with E-state index in [4.69, 9.17) is 5.73 Å². The Morgan fingerprint density at radius 1 is 1.35 bits per heavy atom. The van der Waals surface area contributed by atoms with Crippen molar-refractivity contribution in [2.75, 3.05) is 0 Å². The van der Waals surface area contributed by atoms with E-state index in [0.717, 1.165) is 24.1 Å². The van der Waals surface area contributed by atoms with Crippen molar-refractivity contribution in [1.82, 2.24) is 9.78 Å². The van der Waals surface area contributed by atoms with Gasteiger partial charge >= 0.3 is 0 Å². The molecule has 0 fully saturated rings. The molecule has 17 heavy (non-hydrogen) atoms.